The van der Waals surface area contributed by atoms with Gasteiger partial charge in [-0.3, -0.25) is 14.5 Å². The van der Waals surface area contributed by atoms with Crippen molar-refractivity contribution in [1.82, 2.24) is 14.7 Å². The molecule has 1 atom stereocenters. The van der Waals surface area contributed by atoms with E-state index in [9.17, 15) is 9.59 Å². The van der Waals surface area contributed by atoms with E-state index in [0.717, 1.165) is 26.1 Å². The van der Waals surface area contributed by atoms with E-state index in [0.29, 0.717) is 19.5 Å². The summed E-state index contributed by atoms with van der Waals surface area (Å²) in [6.45, 7) is 9.19. The number of carbonyl (C=O) groups is 2. The second-order valence-electron chi connectivity index (χ2n) is 6.21. The fraction of sp³-hybridized carbons (Fsp3) is 0.812. The zero-order chi connectivity index (χ0) is 16.7. The fourth-order valence-electron chi connectivity index (χ4n) is 2.71. The Morgan fingerprint density at radius 2 is 1.86 bits per heavy atom. The molecule has 6 nitrogen and oxygen atoms in total. The van der Waals surface area contributed by atoms with Gasteiger partial charge in [-0.1, -0.05) is 13.8 Å². The lowest BCUT2D eigenvalue weighted by atomic mass is 10.2. The van der Waals surface area contributed by atoms with Gasteiger partial charge in [-0.2, -0.15) is 5.26 Å². The van der Waals surface area contributed by atoms with Gasteiger partial charge in [0.25, 0.3) is 0 Å². The SMILES string of the molecule is CC(C)C(=O)N1CCCN([C@@H](C)C(=O)N(C)CCC#N)CC1. The Labute approximate surface area is 133 Å². The van der Waals surface area contributed by atoms with Crippen LogP contribution < -0.4 is 0 Å². The van der Waals surface area contributed by atoms with Crippen LogP contribution in [-0.4, -0.2) is 72.3 Å². The van der Waals surface area contributed by atoms with Gasteiger partial charge in [-0.15, -0.1) is 0 Å². The molecule has 1 fully saturated rings. The molecular formula is C16H28N4O2. The monoisotopic (exact) mass is 308 g/mol. The second-order valence-corrected chi connectivity index (χ2v) is 6.21. The molecule has 0 unspecified atom stereocenters. The number of likely N-dealkylation sites (N-methyl/N-ethyl adjacent to an activating group) is 1. The molecule has 2 amide bonds. The fourth-order valence-corrected chi connectivity index (χ4v) is 2.71. The molecule has 0 saturated carbocycles. The highest BCUT2D eigenvalue weighted by atomic mass is 16.2. The Morgan fingerprint density at radius 1 is 1.18 bits per heavy atom. The molecule has 0 N–H and O–H groups in total. The minimum absolute atomic E-state index is 0.0164. The number of hydrogen-bond acceptors (Lipinski definition) is 4. The van der Waals surface area contributed by atoms with Crippen LogP contribution in [0.5, 0.6) is 0 Å². The Kier molecular flexibility index (Phi) is 7.33. The zero-order valence-corrected chi connectivity index (χ0v) is 14.2. The first kappa shape index (κ1) is 18.4. The molecule has 0 aromatic rings. The third-order valence-electron chi connectivity index (χ3n) is 4.18. The molecule has 0 aromatic carbocycles. The maximum atomic E-state index is 12.4. The van der Waals surface area contributed by atoms with Gasteiger partial charge < -0.3 is 9.80 Å². The van der Waals surface area contributed by atoms with Gasteiger partial charge in [0.15, 0.2) is 0 Å². The van der Waals surface area contributed by atoms with E-state index in [1.165, 1.54) is 0 Å². The number of carbonyl (C=O) groups excluding carboxylic acids is 2. The summed E-state index contributed by atoms with van der Waals surface area (Å²) in [7, 11) is 1.74. The molecule has 1 heterocycles. The standard InChI is InChI=1S/C16H28N4O2/c1-13(2)15(21)20-10-6-9-19(11-12-20)14(3)16(22)18(4)8-5-7-17/h13-14H,5-6,8-12H2,1-4H3/t14-/m0/s1. The van der Waals surface area contributed by atoms with E-state index in [1.807, 2.05) is 25.7 Å². The predicted octanol–water partition coefficient (Wildman–Crippen LogP) is 0.937. The topological polar surface area (TPSA) is 67.7 Å². The van der Waals surface area contributed by atoms with Gasteiger partial charge in [0, 0.05) is 45.7 Å². The number of nitrogens with zero attached hydrogens (tertiary/aromatic N) is 4. The van der Waals surface area contributed by atoms with Crippen molar-refractivity contribution >= 4 is 11.8 Å². The summed E-state index contributed by atoms with van der Waals surface area (Å²) >= 11 is 0. The summed E-state index contributed by atoms with van der Waals surface area (Å²) in [5.41, 5.74) is 0. The maximum absolute atomic E-state index is 12.4. The summed E-state index contributed by atoms with van der Waals surface area (Å²) in [6, 6.07) is 1.85. The smallest absolute Gasteiger partial charge is 0.239 e. The van der Waals surface area contributed by atoms with Gasteiger partial charge >= 0.3 is 0 Å². The number of amides is 2. The van der Waals surface area contributed by atoms with Crippen LogP contribution in [0.2, 0.25) is 0 Å². The third-order valence-corrected chi connectivity index (χ3v) is 4.18. The van der Waals surface area contributed by atoms with Crippen LogP contribution in [0.3, 0.4) is 0 Å². The summed E-state index contributed by atoms with van der Waals surface area (Å²) in [5.74, 6) is 0.244. The molecule has 0 bridgehead atoms. The lowest BCUT2D eigenvalue weighted by molar-refractivity contribution is -0.135. The molecule has 124 valence electrons. The Hall–Kier alpha value is -1.61. The minimum Gasteiger partial charge on any atom is -0.343 e. The van der Waals surface area contributed by atoms with E-state index in [2.05, 4.69) is 11.0 Å². The Morgan fingerprint density at radius 3 is 2.45 bits per heavy atom. The molecule has 6 heteroatoms. The average molecular weight is 308 g/mol. The molecule has 1 aliphatic heterocycles. The summed E-state index contributed by atoms with van der Waals surface area (Å²) < 4.78 is 0. The highest BCUT2D eigenvalue weighted by Gasteiger charge is 2.27. The molecule has 0 aromatic heterocycles. The van der Waals surface area contributed by atoms with Crippen molar-refractivity contribution in [3.63, 3.8) is 0 Å². The van der Waals surface area contributed by atoms with Crippen LogP contribution >= 0.6 is 0 Å². The van der Waals surface area contributed by atoms with Gasteiger partial charge in [0.2, 0.25) is 11.8 Å². The molecule has 0 radical (unpaired) electrons. The number of hydrogen-bond donors (Lipinski definition) is 0. The van der Waals surface area contributed by atoms with Crippen molar-refractivity contribution in [2.75, 3.05) is 39.8 Å². The van der Waals surface area contributed by atoms with E-state index in [4.69, 9.17) is 5.26 Å². The van der Waals surface area contributed by atoms with Crippen LogP contribution in [-0.2, 0) is 9.59 Å². The van der Waals surface area contributed by atoms with Gasteiger partial charge in [-0.25, -0.2) is 0 Å². The largest absolute Gasteiger partial charge is 0.343 e. The van der Waals surface area contributed by atoms with Crippen LogP contribution in [0, 0.1) is 17.2 Å². The van der Waals surface area contributed by atoms with Crippen LogP contribution in [0.4, 0.5) is 0 Å². The van der Waals surface area contributed by atoms with E-state index < -0.39 is 0 Å². The molecule has 0 spiro atoms. The number of rotatable bonds is 5. The maximum Gasteiger partial charge on any atom is 0.239 e. The van der Waals surface area contributed by atoms with E-state index in [-0.39, 0.29) is 23.8 Å². The predicted molar refractivity (Wildman–Crippen MR) is 84.9 cm³/mol. The molecule has 1 saturated heterocycles. The second kappa shape index (κ2) is 8.74. The Bertz CT molecular complexity index is 430. The molecule has 1 rings (SSSR count). The lowest BCUT2D eigenvalue weighted by Gasteiger charge is -2.30. The highest BCUT2D eigenvalue weighted by Crippen LogP contribution is 2.11. The van der Waals surface area contributed by atoms with Crippen molar-refractivity contribution in [2.24, 2.45) is 5.92 Å². The third kappa shape index (κ3) is 4.99. The lowest BCUT2D eigenvalue weighted by Crippen LogP contribution is -2.47. The normalized spacial score (nSPS) is 17.7. The van der Waals surface area contributed by atoms with Gasteiger partial charge in [-0.05, 0) is 13.3 Å². The Balaban J connectivity index is 2.57. The quantitative estimate of drug-likeness (QED) is 0.758. The molecule has 0 aliphatic carbocycles. The van der Waals surface area contributed by atoms with Crippen molar-refractivity contribution < 1.29 is 9.59 Å². The molecule has 22 heavy (non-hydrogen) atoms. The minimum atomic E-state index is -0.210. The molecule has 1 aliphatic rings. The molecular weight excluding hydrogens is 280 g/mol. The summed E-state index contributed by atoms with van der Waals surface area (Å²) in [5, 5.41) is 8.61. The van der Waals surface area contributed by atoms with Crippen LogP contribution in [0.15, 0.2) is 0 Å². The van der Waals surface area contributed by atoms with Crippen LogP contribution in [0.25, 0.3) is 0 Å². The van der Waals surface area contributed by atoms with Crippen molar-refractivity contribution in [3.8, 4) is 6.07 Å². The van der Waals surface area contributed by atoms with Gasteiger partial charge in [0.05, 0.1) is 18.5 Å². The van der Waals surface area contributed by atoms with Gasteiger partial charge in [0.1, 0.15) is 0 Å². The van der Waals surface area contributed by atoms with Crippen molar-refractivity contribution in [2.45, 2.75) is 39.7 Å². The van der Waals surface area contributed by atoms with E-state index >= 15 is 0 Å². The first-order valence-electron chi connectivity index (χ1n) is 8.03. The van der Waals surface area contributed by atoms with Crippen LogP contribution in [0.1, 0.15) is 33.6 Å². The van der Waals surface area contributed by atoms with E-state index in [1.54, 1.807) is 11.9 Å². The van der Waals surface area contributed by atoms with Crippen molar-refractivity contribution in [3.05, 3.63) is 0 Å². The highest BCUT2D eigenvalue weighted by molar-refractivity contribution is 5.81. The summed E-state index contributed by atoms with van der Waals surface area (Å²) in [4.78, 5) is 30.1. The average Bonchev–Trinajstić information content (AvgIpc) is 2.76. The first-order chi connectivity index (χ1) is 10.4. The van der Waals surface area contributed by atoms with Crippen molar-refractivity contribution in [1.29, 1.82) is 5.26 Å². The summed E-state index contributed by atoms with van der Waals surface area (Å²) in [6.07, 6.45) is 1.24. The first-order valence-corrected chi connectivity index (χ1v) is 8.03. The number of nitriles is 1. The zero-order valence-electron chi connectivity index (χ0n) is 14.2.